The van der Waals surface area contributed by atoms with Crippen molar-refractivity contribution in [2.24, 2.45) is 0 Å². The van der Waals surface area contributed by atoms with Crippen LogP contribution in [0, 0.1) is 0 Å². The smallest absolute Gasteiger partial charge is 0.259 e. The molecular formula is C28H26N2O3. The molecule has 3 heterocycles. The quantitative estimate of drug-likeness (QED) is 0.462. The Morgan fingerprint density at radius 3 is 2.52 bits per heavy atom. The summed E-state index contributed by atoms with van der Waals surface area (Å²) in [5.41, 5.74) is 7.58. The third-order valence-electron chi connectivity index (χ3n) is 7.23. The number of aromatic nitrogens is 1. The average molecular weight is 439 g/mol. The van der Waals surface area contributed by atoms with Gasteiger partial charge in [0.2, 0.25) is 0 Å². The molecule has 0 saturated heterocycles. The van der Waals surface area contributed by atoms with Gasteiger partial charge in [0.05, 0.1) is 25.8 Å². The van der Waals surface area contributed by atoms with Gasteiger partial charge in [-0.15, -0.1) is 0 Å². The molecule has 5 heteroatoms. The Labute approximate surface area is 192 Å². The zero-order chi connectivity index (χ0) is 22.7. The number of aromatic amines is 1. The number of aryl methyl sites for hydroxylation is 1. The van der Waals surface area contributed by atoms with E-state index in [-0.39, 0.29) is 17.9 Å². The summed E-state index contributed by atoms with van der Waals surface area (Å²) >= 11 is 0. The predicted octanol–water partition coefficient (Wildman–Crippen LogP) is 5.44. The summed E-state index contributed by atoms with van der Waals surface area (Å²) in [6.45, 7) is 2.78. The standard InChI is InChI=1S/C28H26N2O3/c1-4-16-9-11-17(12-10-16)20-15-30-26(25-23(20)18-7-5-6-8-21(18)29-25)19-13-14-22(32-2)27(33-3)24(19)28(30)31/h5-14,20,26,29H,4,15H2,1-3H3/t20-,26-/m1/s1. The molecule has 166 valence electrons. The second-order valence-corrected chi connectivity index (χ2v) is 8.77. The lowest BCUT2D eigenvalue weighted by molar-refractivity contribution is 0.0725. The number of rotatable bonds is 4. The zero-order valence-corrected chi connectivity index (χ0v) is 19.0. The van der Waals surface area contributed by atoms with Gasteiger partial charge in [-0.3, -0.25) is 4.79 Å². The number of benzene rings is 3. The Morgan fingerprint density at radius 1 is 1.00 bits per heavy atom. The monoisotopic (exact) mass is 438 g/mol. The Hall–Kier alpha value is -3.73. The second-order valence-electron chi connectivity index (χ2n) is 8.77. The fourth-order valence-corrected chi connectivity index (χ4v) is 5.64. The Bertz CT molecular complexity index is 1390. The number of nitrogens with one attached hydrogen (secondary N) is 1. The summed E-state index contributed by atoms with van der Waals surface area (Å²) in [6, 6.07) is 21.0. The molecule has 1 N–H and O–H groups in total. The van der Waals surface area contributed by atoms with Gasteiger partial charge in [0, 0.05) is 29.1 Å². The van der Waals surface area contributed by atoms with Crippen LogP contribution in [0.4, 0.5) is 0 Å². The minimum atomic E-state index is -0.166. The van der Waals surface area contributed by atoms with E-state index in [1.165, 1.54) is 22.1 Å². The maximum atomic E-state index is 13.8. The van der Waals surface area contributed by atoms with Gasteiger partial charge >= 0.3 is 0 Å². The highest BCUT2D eigenvalue weighted by atomic mass is 16.5. The van der Waals surface area contributed by atoms with Crippen LogP contribution in [0.3, 0.4) is 0 Å². The van der Waals surface area contributed by atoms with Crippen molar-refractivity contribution in [2.75, 3.05) is 20.8 Å². The van der Waals surface area contributed by atoms with Crippen molar-refractivity contribution in [3.05, 3.63) is 94.2 Å². The number of hydrogen-bond acceptors (Lipinski definition) is 3. The van der Waals surface area contributed by atoms with Crippen molar-refractivity contribution >= 4 is 16.8 Å². The Morgan fingerprint density at radius 2 is 1.79 bits per heavy atom. The first-order chi connectivity index (χ1) is 16.2. The maximum Gasteiger partial charge on any atom is 0.259 e. The minimum Gasteiger partial charge on any atom is -0.493 e. The van der Waals surface area contributed by atoms with Gasteiger partial charge < -0.3 is 19.4 Å². The van der Waals surface area contributed by atoms with E-state index in [4.69, 9.17) is 9.47 Å². The Balaban J connectivity index is 1.59. The van der Waals surface area contributed by atoms with Gasteiger partial charge in [0.25, 0.3) is 5.91 Å². The van der Waals surface area contributed by atoms with E-state index in [1.807, 2.05) is 17.0 Å². The van der Waals surface area contributed by atoms with Gasteiger partial charge in [-0.25, -0.2) is 0 Å². The SMILES string of the molecule is CCc1ccc([C@H]2CN3C(=O)c4c(ccc(OC)c4OC)[C@@H]3c3[nH]c4ccccc4c32)cc1. The van der Waals surface area contributed by atoms with Crippen LogP contribution in [0.1, 0.15) is 57.2 Å². The fourth-order valence-electron chi connectivity index (χ4n) is 5.64. The lowest BCUT2D eigenvalue weighted by Crippen LogP contribution is -2.37. The van der Waals surface area contributed by atoms with Crippen molar-refractivity contribution in [1.82, 2.24) is 9.88 Å². The van der Waals surface area contributed by atoms with Gasteiger partial charge in [0.1, 0.15) is 0 Å². The molecular weight excluding hydrogens is 412 g/mol. The molecule has 1 aromatic heterocycles. The van der Waals surface area contributed by atoms with Crippen LogP contribution in [0.5, 0.6) is 11.5 Å². The van der Waals surface area contributed by atoms with Crippen LogP contribution in [-0.4, -0.2) is 36.6 Å². The molecule has 2 aliphatic heterocycles. The molecule has 5 nitrogen and oxygen atoms in total. The molecule has 1 amide bonds. The summed E-state index contributed by atoms with van der Waals surface area (Å²) in [6.07, 6.45) is 1.01. The molecule has 0 radical (unpaired) electrons. The van der Waals surface area contributed by atoms with Crippen molar-refractivity contribution < 1.29 is 14.3 Å². The van der Waals surface area contributed by atoms with E-state index >= 15 is 0 Å². The summed E-state index contributed by atoms with van der Waals surface area (Å²) < 4.78 is 11.1. The molecule has 33 heavy (non-hydrogen) atoms. The maximum absolute atomic E-state index is 13.8. The number of H-pyrrole nitrogens is 1. The van der Waals surface area contributed by atoms with Crippen LogP contribution < -0.4 is 9.47 Å². The summed E-state index contributed by atoms with van der Waals surface area (Å²) in [5, 5.41) is 1.22. The van der Waals surface area contributed by atoms with Crippen LogP contribution in [0.2, 0.25) is 0 Å². The predicted molar refractivity (Wildman–Crippen MR) is 128 cm³/mol. The number of para-hydroxylation sites is 1. The first kappa shape index (κ1) is 19.9. The van der Waals surface area contributed by atoms with Gasteiger partial charge in [-0.1, -0.05) is 55.5 Å². The molecule has 2 aliphatic rings. The third kappa shape index (κ3) is 2.75. The van der Waals surface area contributed by atoms with E-state index < -0.39 is 0 Å². The highest BCUT2D eigenvalue weighted by molar-refractivity contribution is 6.04. The van der Waals surface area contributed by atoms with Crippen LogP contribution >= 0.6 is 0 Å². The number of carbonyl (C=O) groups is 1. The number of carbonyl (C=O) groups excluding carboxylic acids is 1. The number of fused-ring (bicyclic) bond motifs is 7. The van der Waals surface area contributed by atoms with E-state index in [9.17, 15) is 4.79 Å². The van der Waals surface area contributed by atoms with Gasteiger partial charge in [-0.05, 0) is 40.8 Å². The van der Waals surface area contributed by atoms with E-state index in [0.717, 1.165) is 23.2 Å². The van der Waals surface area contributed by atoms with Crippen LogP contribution in [-0.2, 0) is 6.42 Å². The van der Waals surface area contributed by atoms with Crippen molar-refractivity contribution in [1.29, 1.82) is 0 Å². The number of amides is 1. The third-order valence-corrected chi connectivity index (χ3v) is 7.23. The normalized spacial score (nSPS) is 18.8. The molecule has 4 aromatic rings. The molecule has 0 fully saturated rings. The number of methoxy groups -OCH3 is 2. The average Bonchev–Trinajstić information content (AvgIpc) is 3.39. The number of nitrogens with zero attached hydrogens (tertiary/aromatic N) is 1. The lowest BCUT2D eigenvalue weighted by atomic mass is 9.82. The zero-order valence-electron chi connectivity index (χ0n) is 19.0. The first-order valence-corrected chi connectivity index (χ1v) is 11.4. The topological polar surface area (TPSA) is 54.6 Å². The van der Waals surface area contributed by atoms with Gasteiger partial charge in [0.15, 0.2) is 11.5 Å². The minimum absolute atomic E-state index is 0.00904. The summed E-state index contributed by atoms with van der Waals surface area (Å²) in [7, 11) is 3.19. The molecule has 6 rings (SSSR count). The van der Waals surface area contributed by atoms with E-state index in [0.29, 0.717) is 23.6 Å². The molecule has 0 saturated carbocycles. The second kappa shape index (κ2) is 7.41. The van der Waals surface area contributed by atoms with Crippen LogP contribution in [0.15, 0.2) is 60.7 Å². The first-order valence-electron chi connectivity index (χ1n) is 11.4. The molecule has 2 atom stereocenters. The summed E-state index contributed by atoms with van der Waals surface area (Å²) in [5.74, 6) is 1.17. The van der Waals surface area contributed by atoms with E-state index in [1.54, 1.807) is 14.2 Å². The largest absolute Gasteiger partial charge is 0.493 e. The van der Waals surface area contributed by atoms with Gasteiger partial charge in [-0.2, -0.15) is 0 Å². The Kier molecular flexibility index (Phi) is 4.47. The summed E-state index contributed by atoms with van der Waals surface area (Å²) in [4.78, 5) is 19.4. The fraction of sp³-hybridized carbons (Fsp3) is 0.250. The van der Waals surface area contributed by atoms with Crippen LogP contribution in [0.25, 0.3) is 10.9 Å². The molecule has 0 unspecified atom stereocenters. The molecule has 0 aliphatic carbocycles. The van der Waals surface area contributed by atoms with Crippen molar-refractivity contribution in [3.63, 3.8) is 0 Å². The van der Waals surface area contributed by atoms with Crippen molar-refractivity contribution in [2.45, 2.75) is 25.3 Å². The molecule has 0 spiro atoms. The van der Waals surface area contributed by atoms with Crippen molar-refractivity contribution in [3.8, 4) is 11.5 Å². The highest BCUT2D eigenvalue weighted by Gasteiger charge is 2.47. The number of ether oxygens (including phenoxy) is 2. The highest BCUT2D eigenvalue weighted by Crippen LogP contribution is 2.52. The van der Waals surface area contributed by atoms with E-state index in [2.05, 4.69) is 60.4 Å². The molecule has 0 bridgehead atoms. The lowest BCUT2D eigenvalue weighted by Gasteiger charge is -2.36. The molecule has 3 aromatic carbocycles. The number of hydrogen-bond donors (Lipinski definition) is 1.